The monoisotopic (exact) mass is 423 g/mol. The first-order valence-corrected chi connectivity index (χ1v) is 11.4. The molecule has 1 amide bonds. The van der Waals surface area contributed by atoms with Crippen LogP contribution in [0, 0.1) is 0 Å². The molecule has 0 radical (unpaired) electrons. The second-order valence-electron chi connectivity index (χ2n) is 8.21. The molecule has 1 aliphatic rings. The molecule has 1 aliphatic heterocycles. The van der Waals surface area contributed by atoms with E-state index in [1.54, 1.807) is 25.2 Å². The molecule has 0 bridgehead atoms. The lowest BCUT2D eigenvalue weighted by Crippen LogP contribution is -2.45. The molecule has 0 saturated carbocycles. The van der Waals surface area contributed by atoms with E-state index in [9.17, 15) is 13.2 Å². The van der Waals surface area contributed by atoms with Gasteiger partial charge in [-0.3, -0.25) is 9.79 Å². The molecular weight excluding hydrogens is 390 g/mol. The zero-order valence-electron chi connectivity index (χ0n) is 17.9. The van der Waals surface area contributed by atoms with Crippen molar-refractivity contribution in [3.8, 4) is 0 Å². The van der Waals surface area contributed by atoms with E-state index in [4.69, 9.17) is 0 Å². The highest BCUT2D eigenvalue weighted by atomic mass is 32.2. The molecule has 0 spiro atoms. The Hall–Kier alpha value is -2.13. The van der Waals surface area contributed by atoms with Crippen LogP contribution in [0.2, 0.25) is 0 Å². The highest BCUT2D eigenvalue weighted by molar-refractivity contribution is 7.89. The van der Waals surface area contributed by atoms with E-state index in [1.807, 2.05) is 38.7 Å². The number of nitrogens with one attached hydrogen (secondary N) is 3. The Bertz CT molecular complexity index is 846. The highest BCUT2D eigenvalue weighted by Crippen LogP contribution is 2.18. The molecule has 0 aliphatic carbocycles. The SMILES string of the molecule is CCC(=O)N1CCC(NC(=NC)NCc2ccccc2S(=O)(=O)NC(C)(C)C)C1. The zero-order valence-corrected chi connectivity index (χ0v) is 18.8. The summed E-state index contributed by atoms with van der Waals surface area (Å²) < 4.78 is 28.2. The standard InChI is InChI=1S/C20H33N5O3S/c1-6-18(26)25-12-11-16(14-25)23-19(21-5)22-13-15-9-7-8-10-17(15)29(27,28)24-20(2,3)4/h7-10,16,24H,6,11-14H2,1-5H3,(H2,21,22,23). The van der Waals surface area contributed by atoms with Crippen molar-refractivity contribution in [2.45, 2.75) is 63.6 Å². The van der Waals surface area contributed by atoms with E-state index in [0.717, 1.165) is 13.0 Å². The number of likely N-dealkylation sites (tertiary alicyclic amines) is 1. The average molecular weight is 424 g/mol. The van der Waals surface area contributed by atoms with Gasteiger partial charge >= 0.3 is 0 Å². The Balaban J connectivity index is 2.03. The van der Waals surface area contributed by atoms with Crippen LogP contribution in [0.1, 0.15) is 46.1 Å². The Morgan fingerprint density at radius 2 is 1.97 bits per heavy atom. The largest absolute Gasteiger partial charge is 0.352 e. The molecule has 3 N–H and O–H groups in total. The van der Waals surface area contributed by atoms with Gasteiger partial charge in [-0.1, -0.05) is 25.1 Å². The minimum Gasteiger partial charge on any atom is -0.352 e. The summed E-state index contributed by atoms with van der Waals surface area (Å²) in [5, 5.41) is 6.51. The van der Waals surface area contributed by atoms with E-state index in [-0.39, 0.29) is 16.8 Å². The van der Waals surface area contributed by atoms with Crippen LogP contribution in [0.4, 0.5) is 0 Å². The van der Waals surface area contributed by atoms with Gasteiger partial charge in [0.2, 0.25) is 15.9 Å². The fourth-order valence-electron chi connectivity index (χ4n) is 3.27. The van der Waals surface area contributed by atoms with Crippen molar-refractivity contribution in [2.75, 3.05) is 20.1 Å². The third-order valence-corrected chi connectivity index (χ3v) is 6.42. The summed E-state index contributed by atoms with van der Waals surface area (Å²) in [5.74, 6) is 0.736. The van der Waals surface area contributed by atoms with E-state index in [2.05, 4.69) is 20.3 Å². The van der Waals surface area contributed by atoms with Gasteiger partial charge in [-0.15, -0.1) is 0 Å². The van der Waals surface area contributed by atoms with E-state index < -0.39 is 15.6 Å². The number of carbonyl (C=O) groups excluding carboxylic acids is 1. The Morgan fingerprint density at radius 3 is 2.59 bits per heavy atom. The minimum atomic E-state index is -3.64. The van der Waals surface area contributed by atoms with Crippen LogP contribution >= 0.6 is 0 Å². The van der Waals surface area contributed by atoms with Crippen LogP contribution in [0.5, 0.6) is 0 Å². The number of carbonyl (C=O) groups is 1. The predicted octanol–water partition coefficient (Wildman–Crippen LogP) is 1.44. The van der Waals surface area contributed by atoms with Gasteiger partial charge in [0, 0.05) is 44.7 Å². The molecule has 1 aromatic rings. The maximum atomic E-state index is 12.8. The van der Waals surface area contributed by atoms with Crippen molar-refractivity contribution in [3.05, 3.63) is 29.8 Å². The Labute approximate surface area is 174 Å². The van der Waals surface area contributed by atoms with Crippen LogP contribution < -0.4 is 15.4 Å². The third kappa shape index (κ3) is 6.71. The molecule has 1 fully saturated rings. The molecule has 8 nitrogen and oxygen atoms in total. The van der Waals surface area contributed by atoms with Gasteiger partial charge in [-0.05, 0) is 38.8 Å². The number of rotatable bonds is 6. The number of aliphatic imine (C=N–C) groups is 1. The molecular formula is C20H33N5O3S. The lowest BCUT2D eigenvalue weighted by atomic mass is 10.1. The number of nitrogens with zero attached hydrogens (tertiary/aromatic N) is 2. The van der Waals surface area contributed by atoms with Crippen LogP contribution in [-0.4, -0.2) is 56.9 Å². The van der Waals surface area contributed by atoms with Crippen molar-refractivity contribution in [3.63, 3.8) is 0 Å². The number of guanidine groups is 1. The van der Waals surface area contributed by atoms with E-state index in [0.29, 0.717) is 31.0 Å². The van der Waals surface area contributed by atoms with Crippen LogP contribution in [0.15, 0.2) is 34.2 Å². The first kappa shape index (κ1) is 23.2. The quantitative estimate of drug-likeness (QED) is 0.475. The molecule has 1 saturated heterocycles. The molecule has 1 unspecified atom stereocenters. The number of benzene rings is 1. The topological polar surface area (TPSA) is 103 Å². The fourth-order valence-corrected chi connectivity index (χ4v) is 4.92. The predicted molar refractivity (Wildman–Crippen MR) is 115 cm³/mol. The van der Waals surface area contributed by atoms with E-state index >= 15 is 0 Å². The molecule has 1 heterocycles. The number of amides is 1. The molecule has 162 valence electrons. The van der Waals surface area contributed by atoms with Crippen LogP contribution in [0.3, 0.4) is 0 Å². The van der Waals surface area contributed by atoms with Crippen LogP contribution in [-0.2, 0) is 21.4 Å². The second-order valence-corrected chi connectivity index (χ2v) is 9.86. The van der Waals surface area contributed by atoms with Gasteiger partial charge < -0.3 is 15.5 Å². The van der Waals surface area contributed by atoms with E-state index in [1.165, 1.54) is 0 Å². The summed E-state index contributed by atoms with van der Waals surface area (Å²) in [6.07, 6.45) is 1.36. The number of hydrogen-bond donors (Lipinski definition) is 3. The normalized spacial score (nSPS) is 18.0. The van der Waals surface area contributed by atoms with Gasteiger partial charge in [0.15, 0.2) is 5.96 Å². The summed E-state index contributed by atoms with van der Waals surface area (Å²) in [6, 6.07) is 7.04. The molecule has 2 rings (SSSR count). The number of hydrogen-bond acceptors (Lipinski definition) is 4. The van der Waals surface area contributed by atoms with Gasteiger partial charge in [-0.25, -0.2) is 13.1 Å². The van der Waals surface area contributed by atoms with Crippen molar-refractivity contribution in [1.82, 2.24) is 20.3 Å². The zero-order chi connectivity index (χ0) is 21.7. The molecule has 0 aromatic heterocycles. The van der Waals surface area contributed by atoms with Gasteiger partial charge in [0.1, 0.15) is 0 Å². The van der Waals surface area contributed by atoms with Crippen molar-refractivity contribution in [2.24, 2.45) is 4.99 Å². The number of sulfonamides is 1. The first-order chi connectivity index (χ1) is 13.6. The maximum Gasteiger partial charge on any atom is 0.241 e. The maximum absolute atomic E-state index is 12.8. The summed E-state index contributed by atoms with van der Waals surface area (Å²) in [4.78, 5) is 18.2. The first-order valence-electron chi connectivity index (χ1n) is 9.92. The van der Waals surface area contributed by atoms with Crippen LogP contribution in [0.25, 0.3) is 0 Å². The highest BCUT2D eigenvalue weighted by Gasteiger charge is 2.26. The Morgan fingerprint density at radius 1 is 1.28 bits per heavy atom. The van der Waals surface area contributed by atoms with Gasteiger partial charge in [-0.2, -0.15) is 0 Å². The lowest BCUT2D eigenvalue weighted by Gasteiger charge is -2.22. The Kier molecular flexibility index (Phi) is 7.65. The van der Waals surface area contributed by atoms with Crippen molar-refractivity contribution >= 4 is 21.9 Å². The molecule has 29 heavy (non-hydrogen) atoms. The second kappa shape index (κ2) is 9.58. The fraction of sp³-hybridized carbons (Fsp3) is 0.600. The lowest BCUT2D eigenvalue weighted by molar-refractivity contribution is -0.129. The minimum absolute atomic E-state index is 0.123. The average Bonchev–Trinajstić information content (AvgIpc) is 3.11. The van der Waals surface area contributed by atoms with Gasteiger partial charge in [0.05, 0.1) is 4.90 Å². The molecule has 9 heteroatoms. The third-order valence-electron chi connectivity index (χ3n) is 4.56. The smallest absolute Gasteiger partial charge is 0.241 e. The molecule has 1 aromatic carbocycles. The molecule has 1 atom stereocenters. The summed E-state index contributed by atoms with van der Waals surface area (Å²) in [7, 11) is -1.97. The summed E-state index contributed by atoms with van der Waals surface area (Å²) in [5.41, 5.74) is 0.0859. The van der Waals surface area contributed by atoms with Crippen molar-refractivity contribution < 1.29 is 13.2 Å². The van der Waals surface area contributed by atoms with Gasteiger partial charge in [0.25, 0.3) is 0 Å². The summed E-state index contributed by atoms with van der Waals surface area (Å²) in [6.45, 7) is 8.99. The van der Waals surface area contributed by atoms with Crippen molar-refractivity contribution in [1.29, 1.82) is 0 Å². The summed E-state index contributed by atoms with van der Waals surface area (Å²) >= 11 is 0.